The third kappa shape index (κ3) is 3.42. The molecule has 0 spiro atoms. The van der Waals surface area contributed by atoms with Gasteiger partial charge in [-0.3, -0.25) is 9.78 Å². The van der Waals surface area contributed by atoms with Crippen LogP contribution in [0.25, 0.3) is 0 Å². The molecule has 5 heteroatoms. The van der Waals surface area contributed by atoms with E-state index in [9.17, 15) is 4.79 Å². The Bertz CT molecular complexity index is 676. The fourth-order valence-electron chi connectivity index (χ4n) is 2.20. The van der Waals surface area contributed by atoms with Gasteiger partial charge in [0, 0.05) is 10.2 Å². The molecule has 0 saturated carbocycles. The molecular weight excluding hydrogens is 332 g/mol. The number of ether oxygens (including phenoxy) is 1. The SMILES string of the molecule is COc1ccc(Br)c(C(=O)Nc2c(C)cc(C)nc2C)c1. The van der Waals surface area contributed by atoms with Crippen LogP contribution in [0.1, 0.15) is 27.3 Å². The van der Waals surface area contributed by atoms with Gasteiger partial charge >= 0.3 is 0 Å². The van der Waals surface area contributed by atoms with E-state index in [2.05, 4.69) is 26.2 Å². The molecule has 0 bridgehead atoms. The Balaban J connectivity index is 2.35. The van der Waals surface area contributed by atoms with Gasteiger partial charge in [0.2, 0.25) is 0 Å². The maximum Gasteiger partial charge on any atom is 0.257 e. The maximum absolute atomic E-state index is 12.5. The molecule has 0 radical (unpaired) electrons. The summed E-state index contributed by atoms with van der Waals surface area (Å²) in [7, 11) is 1.57. The topological polar surface area (TPSA) is 51.2 Å². The molecule has 2 aromatic rings. The Hall–Kier alpha value is -1.88. The van der Waals surface area contributed by atoms with E-state index in [1.807, 2.05) is 26.8 Å². The highest BCUT2D eigenvalue weighted by Crippen LogP contribution is 2.25. The molecular formula is C16H17BrN2O2. The van der Waals surface area contributed by atoms with Crippen molar-refractivity contribution >= 4 is 27.5 Å². The molecule has 1 N–H and O–H groups in total. The van der Waals surface area contributed by atoms with Crippen LogP contribution >= 0.6 is 15.9 Å². The molecule has 1 amide bonds. The van der Waals surface area contributed by atoms with Gasteiger partial charge in [-0.2, -0.15) is 0 Å². The zero-order valence-electron chi connectivity index (χ0n) is 12.5. The second-order valence-corrected chi connectivity index (χ2v) is 5.70. The number of rotatable bonds is 3. The molecule has 0 aliphatic heterocycles. The van der Waals surface area contributed by atoms with Crippen LogP contribution in [-0.2, 0) is 0 Å². The smallest absolute Gasteiger partial charge is 0.257 e. The summed E-state index contributed by atoms with van der Waals surface area (Å²) in [6.07, 6.45) is 0. The number of carbonyl (C=O) groups is 1. The number of amides is 1. The predicted octanol–water partition coefficient (Wildman–Crippen LogP) is 4.03. The van der Waals surface area contributed by atoms with Crippen LogP contribution in [0.15, 0.2) is 28.7 Å². The second kappa shape index (κ2) is 6.26. The van der Waals surface area contributed by atoms with Gasteiger partial charge in [-0.05, 0) is 66.5 Å². The summed E-state index contributed by atoms with van der Waals surface area (Å²) in [5, 5.41) is 2.93. The van der Waals surface area contributed by atoms with Crippen molar-refractivity contribution in [2.24, 2.45) is 0 Å². The van der Waals surface area contributed by atoms with E-state index in [1.165, 1.54) is 0 Å². The zero-order chi connectivity index (χ0) is 15.6. The summed E-state index contributed by atoms with van der Waals surface area (Å²) in [6.45, 7) is 5.78. The molecule has 0 aliphatic rings. The molecule has 2 rings (SSSR count). The predicted molar refractivity (Wildman–Crippen MR) is 87.1 cm³/mol. The number of halogens is 1. The maximum atomic E-state index is 12.5. The van der Waals surface area contributed by atoms with Gasteiger partial charge in [0.25, 0.3) is 5.91 Å². The lowest BCUT2D eigenvalue weighted by molar-refractivity contribution is 0.102. The number of nitrogens with one attached hydrogen (secondary N) is 1. The van der Waals surface area contributed by atoms with Crippen LogP contribution in [0, 0.1) is 20.8 Å². The van der Waals surface area contributed by atoms with E-state index in [4.69, 9.17) is 4.74 Å². The summed E-state index contributed by atoms with van der Waals surface area (Å²) < 4.78 is 5.88. The van der Waals surface area contributed by atoms with Gasteiger partial charge in [-0.25, -0.2) is 0 Å². The van der Waals surface area contributed by atoms with E-state index in [-0.39, 0.29) is 5.91 Å². The van der Waals surface area contributed by atoms with E-state index in [0.29, 0.717) is 11.3 Å². The minimum Gasteiger partial charge on any atom is -0.497 e. The van der Waals surface area contributed by atoms with Crippen molar-refractivity contribution < 1.29 is 9.53 Å². The average molecular weight is 349 g/mol. The normalized spacial score (nSPS) is 10.3. The number of hydrogen-bond donors (Lipinski definition) is 1. The molecule has 0 saturated heterocycles. The van der Waals surface area contributed by atoms with E-state index in [0.717, 1.165) is 27.1 Å². The van der Waals surface area contributed by atoms with Crippen LogP contribution in [0.2, 0.25) is 0 Å². The molecule has 4 nitrogen and oxygen atoms in total. The Morgan fingerprint density at radius 1 is 1.24 bits per heavy atom. The molecule has 0 unspecified atom stereocenters. The van der Waals surface area contributed by atoms with Gasteiger partial charge < -0.3 is 10.1 Å². The molecule has 1 aromatic heterocycles. The molecule has 0 fully saturated rings. The lowest BCUT2D eigenvalue weighted by atomic mass is 10.1. The molecule has 1 heterocycles. The monoisotopic (exact) mass is 348 g/mol. The summed E-state index contributed by atoms with van der Waals surface area (Å²) in [6, 6.07) is 7.24. The number of nitrogens with zero attached hydrogens (tertiary/aromatic N) is 1. The Morgan fingerprint density at radius 2 is 1.95 bits per heavy atom. The minimum atomic E-state index is -0.197. The van der Waals surface area contributed by atoms with Crippen molar-refractivity contribution in [3.8, 4) is 5.75 Å². The van der Waals surface area contributed by atoms with Crippen molar-refractivity contribution in [1.29, 1.82) is 0 Å². The largest absolute Gasteiger partial charge is 0.497 e. The molecule has 1 aromatic carbocycles. The number of benzene rings is 1. The first kappa shape index (κ1) is 15.5. The fraction of sp³-hybridized carbons (Fsp3) is 0.250. The number of pyridine rings is 1. The first-order valence-electron chi connectivity index (χ1n) is 6.52. The average Bonchev–Trinajstić information content (AvgIpc) is 2.43. The highest BCUT2D eigenvalue weighted by Gasteiger charge is 2.14. The highest BCUT2D eigenvalue weighted by molar-refractivity contribution is 9.10. The van der Waals surface area contributed by atoms with Crippen molar-refractivity contribution in [2.45, 2.75) is 20.8 Å². The first-order chi connectivity index (χ1) is 9.92. The molecule has 110 valence electrons. The molecule has 21 heavy (non-hydrogen) atoms. The van der Waals surface area contributed by atoms with Crippen LogP contribution in [-0.4, -0.2) is 18.0 Å². The van der Waals surface area contributed by atoms with Gasteiger partial charge in [0.1, 0.15) is 5.75 Å². The Labute approximate surface area is 132 Å². The van der Waals surface area contributed by atoms with Crippen LogP contribution in [0.4, 0.5) is 5.69 Å². The standard InChI is InChI=1S/C16H17BrN2O2/c1-9-7-10(2)18-11(3)15(9)19-16(20)13-8-12(21-4)5-6-14(13)17/h5-8H,1-4H3,(H,19,20). The number of anilines is 1. The fourth-order valence-corrected chi connectivity index (χ4v) is 2.63. The third-order valence-electron chi connectivity index (χ3n) is 3.18. The van der Waals surface area contributed by atoms with Crippen molar-refractivity contribution in [1.82, 2.24) is 4.98 Å². The third-order valence-corrected chi connectivity index (χ3v) is 3.87. The summed E-state index contributed by atoms with van der Waals surface area (Å²) >= 11 is 3.39. The molecule has 0 atom stereocenters. The summed E-state index contributed by atoms with van der Waals surface area (Å²) in [5.41, 5.74) is 4.01. The molecule has 0 aliphatic carbocycles. The minimum absolute atomic E-state index is 0.197. The Kier molecular flexibility index (Phi) is 4.63. The number of aromatic nitrogens is 1. The lowest BCUT2D eigenvalue weighted by Gasteiger charge is -2.13. The van der Waals surface area contributed by atoms with Crippen molar-refractivity contribution in [3.63, 3.8) is 0 Å². The number of carbonyl (C=O) groups excluding carboxylic acids is 1. The number of aryl methyl sites for hydroxylation is 3. The Morgan fingerprint density at radius 3 is 2.57 bits per heavy atom. The van der Waals surface area contributed by atoms with Gasteiger partial charge in [0.15, 0.2) is 0 Å². The van der Waals surface area contributed by atoms with Crippen LogP contribution in [0.5, 0.6) is 5.75 Å². The zero-order valence-corrected chi connectivity index (χ0v) is 14.0. The van der Waals surface area contributed by atoms with Crippen LogP contribution < -0.4 is 10.1 Å². The highest BCUT2D eigenvalue weighted by atomic mass is 79.9. The van der Waals surface area contributed by atoms with E-state index >= 15 is 0 Å². The van der Waals surface area contributed by atoms with E-state index in [1.54, 1.807) is 25.3 Å². The van der Waals surface area contributed by atoms with Gasteiger partial charge in [0.05, 0.1) is 24.1 Å². The van der Waals surface area contributed by atoms with Crippen molar-refractivity contribution in [3.05, 3.63) is 51.3 Å². The van der Waals surface area contributed by atoms with Gasteiger partial charge in [-0.1, -0.05) is 0 Å². The summed E-state index contributed by atoms with van der Waals surface area (Å²) in [4.78, 5) is 16.9. The summed E-state index contributed by atoms with van der Waals surface area (Å²) in [5.74, 6) is 0.441. The number of methoxy groups -OCH3 is 1. The number of hydrogen-bond acceptors (Lipinski definition) is 3. The van der Waals surface area contributed by atoms with Crippen LogP contribution in [0.3, 0.4) is 0 Å². The first-order valence-corrected chi connectivity index (χ1v) is 7.31. The van der Waals surface area contributed by atoms with E-state index < -0.39 is 0 Å². The second-order valence-electron chi connectivity index (χ2n) is 4.84. The van der Waals surface area contributed by atoms with Gasteiger partial charge in [-0.15, -0.1) is 0 Å². The quantitative estimate of drug-likeness (QED) is 0.910. The lowest BCUT2D eigenvalue weighted by Crippen LogP contribution is -2.15. The van der Waals surface area contributed by atoms with Crippen molar-refractivity contribution in [2.75, 3.05) is 12.4 Å².